The third-order valence-corrected chi connectivity index (χ3v) is 2.07. The minimum absolute atomic E-state index is 0.212. The summed E-state index contributed by atoms with van der Waals surface area (Å²) in [7, 11) is 1.35. The van der Waals surface area contributed by atoms with Crippen LogP contribution in [0, 0.1) is 6.92 Å². The third-order valence-electron chi connectivity index (χ3n) is 2.07. The highest BCUT2D eigenvalue weighted by atomic mass is 16.5. The van der Waals surface area contributed by atoms with Crippen molar-refractivity contribution >= 4 is 12.3 Å². The van der Waals surface area contributed by atoms with Crippen molar-refractivity contribution in [3.05, 3.63) is 34.9 Å². The molecule has 1 aromatic carbocycles. The number of carbonyl (C=O) groups excluding carboxylic acids is 2. The minimum atomic E-state index is -0.295. The van der Waals surface area contributed by atoms with Crippen LogP contribution in [-0.2, 0) is 16.0 Å². The smallest absolute Gasteiger partial charge is 0.309 e. The van der Waals surface area contributed by atoms with Crippen molar-refractivity contribution in [2.75, 3.05) is 7.11 Å². The van der Waals surface area contributed by atoms with E-state index in [0.29, 0.717) is 5.56 Å². The molecule has 0 N–H and O–H groups in total. The average molecular weight is 192 g/mol. The predicted molar refractivity (Wildman–Crippen MR) is 52.3 cm³/mol. The second-order valence-corrected chi connectivity index (χ2v) is 3.06. The molecule has 0 atom stereocenters. The minimum Gasteiger partial charge on any atom is -0.469 e. The van der Waals surface area contributed by atoms with E-state index in [0.717, 1.165) is 17.4 Å². The molecule has 74 valence electrons. The Hall–Kier alpha value is -1.64. The molecule has 3 heteroatoms. The Morgan fingerprint density at radius 2 is 2.21 bits per heavy atom. The highest BCUT2D eigenvalue weighted by molar-refractivity contribution is 5.77. The van der Waals surface area contributed by atoms with Crippen LogP contribution >= 0.6 is 0 Å². The van der Waals surface area contributed by atoms with Crippen LogP contribution in [0.15, 0.2) is 18.2 Å². The van der Waals surface area contributed by atoms with E-state index in [-0.39, 0.29) is 12.4 Å². The quantitative estimate of drug-likeness (QED) is 0.538. The van der Waals surface area contributed by atoms with Crippen molar-refractivity contribution in [3.8, 4) is 0 Å². The number of benzene rings is 1. The van der Waals surface area contributed by atoms with Gasteiger partial charge in [0.1, 0.15) is 6.29 Å². The molecule has 0 unspecified atom stereocenters. The van der Waals surface area contributed by atoms with Gasteiger partial charge in [-0.05, 0) is 24.1 Å². The molecule has 0 saturated carbocycles. The lowest BCUT2D eigenvalue weighted by atomic mass is 10.0. The first kappa shape index (κ1) is 10.4. The van der Waals surface area contributed by atoms with Gasteiger partial charge in [-0.3, -0.25) is 9.59 Å². The van der Waals surface area contributed by atoms with Crippen molar-refractivity contribution in [2.45, 2.75) is 13.3 Å². The van der Waals surface area contributed by atoms with Gasteiger partial charge in [0.2, 0.25) is 0 Å². The lowest BCUT2D eigenvalue weighted by molar-refractivity contribution is -0.139. The van der Waals surface area contributed by atoms with Crippen molar-refractivity contribution in [1.82, 2.24) is 0 Å². The van der Waals surface area contributed by atoms with Crippen LogP contribution in [0.5, 0.6) is 0 Å². The largest absolute Gasteiger partial charge is 0.469 e. The first-order valence-electron chi connectivity index (χ1n) is 4.29. The van der Waals surface area contributed by atoms with Gasteiger partial charge in [0.05, 0.1) is 13.5 Å². The van der Waals surface area contributed by atoms with Gasteiger partial charge >= 0.3 is 5.97 Å². The molecule has 0 bridgehead atoms. The molecule has 1 rings (SSSR count). The summed E-state index contributed by atoms with van der Waals surface area (Å²) in [5, 5.41) is 0. The molecule has 0 fully saturated rings. The number of ether oxygens (including phenoxy) is 1. The molecule has 0 aromatic heterocycles. The highest BCUT2D eigenvalue weighted by Crippen LogP contribution is 2.11. The lowest BCUT2D eigenvalue weighted by Gasteiger charge is -2.04. The van der Waals surface area contributed by atoms with Crippen molar-refractivity contribution in [3.63, 3.8) is 0 Å². The molecular formula is C11H12O3. The number of hydrogen-bond acceptors (Lipinski definition) is 3. The van der Waals surface area contributed by atoms with Gasteiger partial charge in [0, 0.05) is 5.56 Å². The Morgan fingerprint density at radius 1 is 1.50 bits per heavy atom. The summed E-state index contributed by atoms with van der Waals surface area (Å²) >= 11 is 0. The third kappa shape index (κ3) is 2.42. The zero-order chi connectivity index (χ0) is 10.6. The van der Waals surface area contributed by atoms with Gasteiger partial charge < -0.3 is 4.74 Å². The van der Waals surface area contributed by atoms with E-state index >= 15 is 0 Å². The second kappa shape index (κ2) is 4.56. The summed E-state index contributed by atoms with van der Waals surface area (Å²) in [6.07, 6.45) is 0.976. The number of rotatable bonds is 3. The number of aldehydes is 1. The number of esters is 1. The summed E-state index contributed by atoms with van der Waals surface area (Å²) < 4.78 is 4.56. The van der Waals surface area contributed by atoms with Crippen LogP contribution in [0.2, 0.25) is 0 Å². The Morgan fingerprint density at radius 3 is 2.79 bits per heavy atom. The maximum Gasteiger partial charge on any atom is 0.309 e. The summed E-state index contributed by atoms with van der Waals surface area (Å²) in [4.78, 5) is 21.5. The first-order chi connectivity index (χ1) is 6.67. The van der Waals surface area contributed by atoms with Crippen LogP contribution in [0.1, 0.15) is 21.5 Å². The Labute approximate surface area is 82.7 Å². The van der Waals surface area contributed by atoms with E-state index in [1.807, 2.05) is 13.0 Å². The van der Waals surface area contributed by atoms with Gasteiger partial charge in [-0.1, -0.05) is 12.1 Å². The van der Waals surface area contributed by atoms with Crippen molar-refractivity contribution < 1.29 is 14.3 Å². The number of hydrogen-bond donors (Lipinski definition) is 0. The second-order valence-electron chi connectivity index (χ2n) is 3.06. The Bertz CT molecular complexity index is 356. The molecule has 0 saturated heterocycles. The fourth-order valence-electron chi connectivity index (χ4n) is 1.18. The van der Waals surface area contributed by atoms with Gasteiger partial charge in [-0.25, -0.2) is 0 Å². The van der Waals surface area contributed by atoms with Gasteiger partial charge in [-0.2, -0.15) is 0 Å². The molecular weight excluding hydrogens is 180 g/mol. The SMILES string of the molecule is COC(=O)Cc1cc(C=O)ccc1C. The summed E-state index contributed by atoms with van der Waals surface area (Å²) in [5.74, 6) is -0.295. The predicted octanol–water partition coefficient (Wildman–Crippen LogP) is 1.52. The van der Waals surface area contributed by atoms with Crippen molar-refractivity contribution in [1.29, 1.82) is 0 Å². The molecule has 0 heterocycles. The number of carbonyl (C=O) groups is 2. The molecule has 0 spiro atoms. The van der Waals surface area contributed by atoms with Crippen LogP contribution in [0.4, 0.5) is 0 Å². The standard InChI is InChI=1S/C11H12O3/c1-8-3-4-9(7-12)5-10(8)6-11(13)14-2/h3-5,7H,6H2,1-2H3. The summed E-state index contributed by atoms with van der Waals surface area (Å²) in [6.45, 7) is 1.90. The van der Waals surface area contributed by atoms with Crippen LogP contribution in [0.25, 0.3) is 0 Å². The monoisotopic (exact) mass is 192 g/mol. The normalized spacial score (nSPS) is 9.57. The zero-order valence-corrected chi connectivity index (χ0v) is 8.24. The highest BCUT2D eigenvalue weighted by Gasteiger charge is 2.06. The van der Waals surface area contributed by atoms with Gasteiger partial charge in [0.25, 0.3) is 0 Å². The fourth-order valence-corrected chi connectivity index (χ4v) is 1.18. The van der Waals surface area contributed by atoms with Crippen LogP contribution in [0.3, 0.4) is 0 Å². The molecule has 3 nitrogen and oxygen atoms in total. The number of methoxy groups -OCH3 is 1. The maximum atomic E-state index is 11.0. The summed E-state index contributed by atoms with van der Waals surface area (Å²) in [5.41, 5.74) is 2.40. The number of aryl methyl sites for hydroxylation is 1. The van der Waals surface area contributed by atoms with Crippen molar-refractivity contribution in [2.24, 2.45) is 0 Å². The molecule has 0 aliphatic carbocycles. The molecule has 0 amide bonds. The lowest BCUT2D eigenvalue weighted by Crippen LogP contribution is -2.06. The van der Waals surface area contributed by atoms with E-state index in [1.54, 1.807) is 12.1 Å². The van der Waals surface area contributed by atoms with Crippen LogP contribution < -0.4 is 0 Å². The van der Waals surface area contributed by atoms with E-state index < -0.39 is 0 Å². The van der Waals surface area contributed by atoms with E-state index in [2.05, 4.69) is 4.74 Å². The molecule has 1 aromatic rings. The van der Waals surface area contributed by atoms with Crippen LogP contribution in [-0.4, -0.2) is 19.4 Å². The molecule has 0 aliphatic heterocycles. The van der Waals surface area contributed by atoms with Gasteiger partial charge in [0.15, 0.2) is 0 Å². The summed E-state index contributed by atoms with van der Waals surface area (Å²) in [6, 6.07) is 5.25. The Balaban J connectivity index is 2.94. The molecule has 0 radical (unpaired) electrons. The topological polar surface area (TPSA) is 43.4 Å². The van der Waals surface area contributed by atoms with E-state index in [9.17, 15) is 9.59 Å². The Kier molecular flexibility index (Phi) is 3.40. The zero-order valence-electron chi connectivity index (χ0n) is 8.24. The fraction of sp³-hybridized carbons (Fsp3) is 0.273. The van der Waals surface area contributed by atoms with E-state index in [4.69, 9.17) is 0 Å². The van der Waals surface area contributed by atoms with E-state index in [1.165, 1.54) is 7.11 Å². The molecule has 14 heavy (non-hydrogen) atoms. The maximum absolute atomic E-state index is 11.0. The van der Waals surface area contributed by atoms with Gasteiger partial charge in [-0.15, -0.1) is 0 Å². The average Bonchev–Trinajstić information content (AvgIpc) is 2.21. The first-order valence-corrected chi connectivity index (χ1v) is 4.29. The molecule has 0 aliphatic rings.